The third-order valence-electron chi connectivity index (χ3n) is 4.97. The summed E-state index contributed by atoms with van der Waals surface area (Å²) in [7, 11) is 0. The van der Waals surface area contributed by atoms with Crippen LogP contribution in [-0.4, -0.2) is 48.1 Å². The lowest BCUT2D eigenvalue weighted by Gasteiger charge is -2.31. The van der Waals surface area contributed by atoms with E-state index in [4.69, 9.17) is 10.5 Å². The molecule has 2 aliphatic rings. The number of rotatable bonds is 6. The molecule has 0 bridgehead atoms. The van der Waals surface area contributed by atoms with Crippen LogP contribution in [0, 0.1) is 0 Å². The van der Waals surface area contributed by atoms with Crippen LogP contribution < -0.4 is 11.1 Å². The van der Waals surface area contributed by atoms with Crippen LogP contribution in [0.25, 0.3) is 0 Å². The third kappa shape index (κ3) is 4.22. The van der Waals surface area contributed by atoms with E-state index in [0.29, 0.717) is 25.9 Å². The number of carbonyl (C=O) groups excluding carboxylic acids is 2. The lowest BCUT2D eigenvalue weighted by Crippen LogP contribution is -2.51. The van der Waals surface area contributed by atoms with Gasteiger partial charge in [0.25, 0.3) is 0 Å². The first-order chi connectivity index (χ1) is 12.1. The Morgan fingerprint density at radius 3 is 3.04 bits per heavy atom. The molecule has 1 aromatic rings. The zero-order chi connectivity index (χ0) is 17.8. The van der Waals surface area contributed by atoms with E-state index >= 15 is 0 Å². The molecule has 3 heterocycles. The minimum atomic E-state index is -0.481. The monoisotopic (exact) mass is 365 g/mol. The maximum absolute atomic E-state index is 12.9. The Balaban J connectivity index is 1.60. The molecule has 1 saturated heterocycles. The summed E-state index contributed by atoms with van der Waals surface area (Å²) in [4.78, 5) is 28.7. The van der Waals surface area contributed by atoms with Gasteiger partial charge in [-0.2, -0.15) is 0 Å². The summed E-state index contributed by atoms with van der Waals surface area (Å²) in [5, 5.41) is 5.00. The average molecular weight is 365 g/mol. The van der Waals surface area contributed by atoms with Crippen molar-refractivity contribution < 1.29 is 14.3 Å². The summed E-state index contributed by atoms with van der Waals surface area (Å²) in [5.41, 5.74) is 6.84. The molecule has 1 aromatic heterocycles. The zero-order valence-corrected chi connectivity index (χ0v) is 15.5. The summed E-state index contributed by atoms with van der Waals surface area (Å²) in [6, 6.07) is 1.62. The topological polar surface area (TPSA) is 84.7 Å². The maximum Gasteiger partial charge on any atom is 0.249 e. The van der Waals surface area contributed by atoms with Crippen molar-refractivity contribution in [2.24, 2.45) is 5.73 Å². The molecule has 0 aromatic carbocycles. The number of nitrogens with one attached hydrogen (secondary N) is 1. The van der Waals surface area contributed by atoms with Crippen LogP contribution in [-0.2, 0) is 27.3 Å². The molecule has 3 atom stereocenters. The van der Waals surface area contributed by atoms with E-state index < -0.39 is 12.1 Å². The molecule has 1 fully saturated rings. The van der Waals surface area contributed by atoms with Gasteiger partial charge in [0.15, 0.2) is 0 Å². The van der Waals surface area contributed by atoms with E-state index in [-0.39, 0.29) is 17.9 Å². The molecule has 0 radical (unpaired) electrons. The fourth-order valence-electron chi connectivity index (χ4n) is 3.54. The van der Waals surface area contributed by atoms with Crippen LogP contribution in [0.15, 0.2) is 11.4 Å². The van der Waals surface area contributed by atoms with Gasteiger partial charge in [-0.05, 0) is 42.7 Å². The average Bonchev–Trinajstić information content (AvgIpc) is 3.28. The number of nitrogens with zero attached hydrogens (tertiary/aromatic N) is 1. The van der Waals surface area contributed by atoms with Crippen LogP contribution >= 0.6 is 11.3 Å². The molecular formula is C18H27N3O3S. The van der Waals surface area contributed by atoms with E-state index in [1.807, 2.05) is 11.8 Å². The van der Waals surface area contributed by atoms with Gasteiger partial charge in [-0.3, -0.25) is 9.59 Å². The molecular weight excluding hydrogens is 338 g/mol. The van der Waals surface area contributed by atoms with Crippen LogP contribution in [0.2, 0.25) is 0 Å². The lowest BCUT2D eigenvalue weighted by atomic mass is 10.1. The van der Waals surface area contributed by atoms with Gasteiger partial charge in [-0.25, -0.2) is 0 Å². The van der Waals surface area contributed by atoms with Gasteiger partial charge in [0.2, 0.25) is 11.8 Å². The number of thiophene rings is 1. The zero-order valence-electron chi connectivity index (χ0n) is 14.7. The molecule has 3 N–H and O–H groups in total. The van der Waals surface area contributed by atoms with Gasteiger partial charge in [0.1, 0.15) is 12.1 Å². The van der Waals surface area contributed by atoms with Crippen molar-refractivity contribution in [1.29, 1.82) is 0 Å². The Kier molecular flexibility index (Phi) is 6.09. The highest BCUT2D eigenvalue weighted by Crippen LogP contribution is 2.25. The second-order valence-electron chi connectivity index (χ2n) is 6.79. The van der Waals surface area contributed by atoms with E-state index in [2.05, 4.69) is 16.8 Å². The molecule has 7 heteroatoms. The second-order valence-corrected chi connectivity index (χ2v) is 7.79. The number of hydrogen-bond acceptors (Lipinski definition) is 5. The number of carbonyl (C=O) groups is 2. The Morgan fingerprint density at radius 1 is 1.48 bits per heavy atom. The Labute approximate surface area is 152 Å². The third-order valence-corrected chi connectivity index (χ3v) is 6.00. The number of nitrogens with two attached hydrogens (primary N) is 1. The van der Waals surface area contributed by atoms with Gasteiger partial charge >= 0.3 is 0 Å². The molecule has 0 spiro atoms. The Bertz CT molecular complexity index is 618. The van der Waals surface area contributed by atoms with Gasteiger partial charge in [0.05, 0.1) is 6.10 Å². The molecule has 1 unspecified atom stereocenters. The van der Waals surface area contributed by atoms with Crippen molar-refractivity contribution in [1.82, 2.24) is 10.2 Å². The van der Waals surface area contributed by atoms with Gasteiger partial charge in [-0.1, -0.05) is 13.3 Å². The minimum absolute atomic E-state index is 0.0143. The van der Waals surface area contributed by atoms with Crippen molar-refractivity contribution in [2.75, 3.05) is 13.1 Å². The first-order valence-electron chi connectivity index (χ1n) is 9.12. The van der Waals surface area contributed by atoms with Crippen molar-refractivity contribution >= 4 is 23.2 Å². The molecule has 25 heavy (non-hydrogen) atoms. The van der Waals surface area contributed by atoms with Gasteiger partial charge < -0.3 is 20.7 Å². The molecule has 2 amide bonds. The minimum Gasteiger partial charge on any atom is -0.364 e. The second kappa shape index (κ2) is 8.29. The first kappa shape index (κ1) is 18.4. The fourth-order valence-corrected chi connectivity index (χ4v) is 4.43. The highest BCUT2D eigenvalue weighted by molar-refractivity contribution is 7.10. The Hall–Kier alpha value is -1.44. The lowest BCUT2D eigenvalue weighted by molar-refractivity contribution is -0.140. The van der Waals surface area contributed by atoms with Crippen molar-refractivity contribution in [2.45, 2.75) is 63.8 Å². The maximum atomic E-state index is 12.9. The van der Waals surface area contributed by atoms with Crippen molar-refractivity contribution in [3.05, 3.63) is 21.9 Å². The van der Waals surface area contributed by atoms with Crippen LogP contribution in [0.4, 0.5) is 0 Å². The number of ether oxygens (including phenoxy) is 1. The Morgan fingerprint density at radius 2 is 2.32 bits per heavy atom. The standard InChI is InChI=1S/C18H27N3O3S/c1-2-3-14(20-17(22)15-5-4-13(10-19)24-15)18(23)21-8-6-16-12(11-21)7-9-25-16/h7,9,13-15H,2-6,8,10-11,19H2,1H3,(H,20,22)/t13-,14?,15+/m1/s1. The molecule has 3 rings (SSSR count). The number of amides is 2. The molecule has 0 saturated carbocycles. The van der Waals surface area contributed by atoms with Gasteiger partial charge in [0, 0.05) is 24.5 Å². The summed E-state index contributed by atoms with van der Waals surface area (Å²) in [6.45, 7) is 3.81. The van der Waals surface area contributed by atoms with Gasteiger partial charge in [-0.15, -0.1) is 11.3 Å². The normalized spacial score (nSPS) is 24.0. The summed E-state index contributed by atoms with van der Waals surface area (Å²) >= 11 is 1.75. The van der Waals surface area contributed by atoms with E-state index in [1.54, 1.807) is 11.3 Å². The van der Waals surface area contributed by atoms with E-state index in [1.165, 1.54) is 10.4 Å². The number of hydrogen-bond donors (Lipinski definition) is 2. The van der Waals surface area contributed by atoms with E-state index in [0.717, 1.165) is 25.8 Å². The number of fused-ring (bicyclic) bond motifs is 1. The SMILES string of the molecule is CCCC(NC(=O)[C@@H]1CC[C@H](CN)O1)C(=O)N1CCc2sccc2C1. The molecule has 0 aliphatic carbocycles. The molecule has 138 valence electrons. The summed E-state index contributed by atoms with van der Waals surface area (Å²) in [6.07, 6.45) is 3.32. The smallest absolute Gasteiger partial charge is 0.249 e. The first-order valence-corrected chi connectivity index (χ1v) is 10.00. The van der Waals surface area contributed by atoms with Crippen molar-refractivity contribution in [3.63, 3.8) is 0 Å². The highest BCUT2D eigenvalue weighted by Gasteiger charge is 2.34. The molecule has 6 nitrogen and oxygen atoms in total. The van der Waals surface area contributed by atoms with Crippen molar-refractivity contribution in [3.8, 4) is 0 Å². The summed E-state index contributed by atoms with van der Waals surface area (Å²) in [5.74, 6) is -0.170. The van der Waals surface area contributed by atoms with E-state index in [9.17, 15) is 9.59 Å². The molecule has 2 aliphatic heterocycles. The predicted molar refractivity (Wildman–Crippen MR) is 97.2 cm³/mol. The van der Waals surface area contributed by atoms with Crippen LogP contribution in [0.1, 0.15) is 43.0 Å². The van der Waals surface area contributed by atoms with Crippen LogP contribution in [0.3, 0.4) is 0 Å². The largest absolute Gasteiger partial charge is 0.364 e. The quantitative estimate of drug-likeness (QED) is 0.799. The summed E-state index contributed by atoms with van der Waals surface area (Å²) < 4.78 is 5.65. The van der Waals surface area contributed by atoms with Crippen LogP contribution in [0.5, 0.6) is 0 Å². The fraction of sp³-hybridized carbons (Fsp3) is 0.667. The predicted octanol–water partition coefficient (Wildman–Crippen LogP) is 1.42. The highest BCUT2D eigenvalue weighted by atomic mass is 32.1.